The van der Waals surface area contributed by atoms with E-state index < -0.39 is 0 Å². The fraction of sp³-hybridized carbons (Fsp3) is 0.562. The van der Waals surface area contributed by atoms with E-state index in [4.69, 9.17) is 0 Å². The highest BCUT2D eigenvalue weighted by Gasteiger charge is 2.40. The number of nitrogens with zero attached hydrogens (tertiary/aromatic N) is 1. The Morgan fingerprint density at radius 3 is 2.95 bits per heavy atom. The van der Waals surface area contributed by atoms with E-state index in [0.29, 0.717) is 5.92 Å². The highest BCUT2D eigenvalue weighted by molar-refractivity contribution is 5.74. The van der Waals surface area contributed by atoms with Crippen molar-refractivity contribution in [3.8, 4) is 0 Å². The third-order valence-corrected chi connectivity index (χ3v) is 4.01. The van der Waals surface area contributed by atoms with Gasteiger partial charge in [0.25, 0.3) is 0 Å². The summed E-state index contributed by atoms with van der Waals surface area (Å²) in [5.74, 6) is 0.545. The Balaban J connectivity index is 1.83. The number of carbonyl (C=O) groups excluding carboxylic acids is 1. The maximum atomic E-state index is 13.2. The summed E-state index contributed by atoms with van der Waals surface area (Å²) in [6.07, 6.45) is 1.96. The molecule has 3 atom stereocenters. The van der Waals surface area contributed by atoms with Gasteiger partial charge in [0.05, 0.1) is 0 Å². The van der Waals surface area contributed by atoms with Crippen molar-refractivity contribution in [2.75, 3.05) is 13.6 Å². The molecule has 1 fully saturated rings. The number of amides is 2. The number of hydrogen-bond donors (Lipinski definition) is 1. The fourth-order valence-electron chi connectivity index (χ4n) is 2.41. The fourth-order valence-corrected chi connectivity index (χ4v) is 2.41. The largest absolute Gasteiger partial charge is 0.335 e. The van der Waals surface area contributed by atoms with Gasteiger partial charge in [0.15, 0.2) is 0 Å². The second-order valence-electron chi connectivity index (χ2n) is 5.85. The topological polar surface area (TPSA) is 32.3 Å². The molecule has 2 rings (SSSR count). The average Bonchev–Trinajstić information content (AvgIpc) is 3.17. The van der Waals surface area contributed by atoms with Crippen LogP contribution in [0, 0.1) is 11.7 Å². The van der Waals surface area contributed by atoms with Gasteiger partial charge >= 0.3 is 6.03 Å². The Bertz CT molecular complexity index is 477. The third-order valence-electron chi connectivity index (χ3n) is 4.01. The normalized spacial score (nSPS) is 22.2. The molecule has 3 unspecified atom stereocenters. The molecule has 110 valence electrons. The van der Waals surface area contributed by atoms with Gasteiger partial charge in [-0.25, -0.2) is 9.18 Å². The zero-order chi connectivity index (χ0) is 14.7. The molecule has 4 heteroatoms. The van der Waals surface area contributed by atoms with Crippen LogP contribution in [-0.4, -0.2) is 30.6 Å². The van der Waals surface area contributed by atoms with E-state index >= 15 is 0 Å². The standard InChI is InChI=1S/C16H23FN2O/c1-4-11(2)10-19(3)16(20)18-15-9-14(15)12-6-5-7-13(17)8-12/h5-8,11,14-15H,4,9-10H2,1-3H3,(H,18,20). The van der Waals surface area contributed by atoms with Crippen LogP contribution in [0.3, 0.4) is 0 Å². The molecular formula is C16H23FN2O. The van der Waals surface area contributed by atoms with E-state index in [2.05, 4.69) is 19.2 Å². The van der Waals surface area contributed by atoms with Crippen LogP contribution in [-0.2, 0) is 0 Å². The van der Waals surface area contributed by atoms with Gasteiger partial charge in [-0.1, -0.05) is 32.4 Å². The van der Waals surface area contributed by atoms with Crippen molar-refractivity contribution < 1.29 is 9.18 Å². The molecule has 1 aliphatic rings. The first kappa shape index (κ1) is 14.8. The molecule has 2 amide bonds. The molecule has 0 radical (unpaired) electrons. The number of carbonyl (C=O) groups is 1. The summed E-state index contributed by atoms with van der Waals surface area (Å²) >= 11 is 0. The minimum atomic E-state index is -0.214. The number of hydrogen-bond acceptors (Lipinski definition) is 1. The molecule has 1 aromatic carbocycles. The Kier molecular flexibility index (Phi) is 4.63. The SMILES string of the molecule is CCC(C)CN(C)C(=O)NC1CC1c1cccc(F)c1. The lowest BCUT2D eigenvalue weighted by Crippen LogP contribution is -2.40. The zero-order valence-corrected chi connectivity index (χ0v) is 12.4. The lowest BCUT2D eigenvalue weighted by Gasteiger charge is -2.21. The van der Waals surface area contributed by atoms with E-state index in [1.165, 1.54) is 6.07 Å². The monoisotopic (exact) mass is 278 g/mol. The summed E-state index contributed by atoms with van der Waals surface area (Å²) in [6.45, 7) is 5.02. The highest BCUT2D eigenvalue weighted by Crippen LogP contribution is 2.40. The molecule has 0 aromatic heterocycles. The Morgan fingerprint density at radius 2 is 2.30 bits per heavy atom. The summed E-state index contributed by atoms with van der Waals surface area (Å²) in [5.41, 5.74) is 0.972. The van der Waals surface area contributed by atoms with Crippen molar-refractivity contribution in [3.05, 3.63) is 35.6 Å². The van der Waals surface area contributed by atoms with E-state index in [1.807, 2.05) is 13.1 Å². The minimum absolute atomic E-state index is 0.0331. The molecule has 3 nitrogen and oxygen atoms in total. The van der Waals surface area contributed by atoms with Crippen LogP contribution in [0.4, 0.5) is 9.18 Å². The van der Waals surface area contributed by atoms with Crippen LogP contribution < -0.4 is 5.32 Å². The van der Waals surface area contributed by atoms with Crippen molar-refractivity contribution in [2.45, 2.75) is 38.6 Å². The zero-order valence-electron chi connectivity index (χ0n) is 12.4. The van der Waals surface area contributed by atoms with E-state index in [-0.39, 0.29) is 23.8 Å². The summed E-state index contributed by atoms with van der Waals surface area (Å²) in [6, 6.07) is 6.75. The van der Waals surface area contributed by atoms with Crippen molar-refractivity contribution in [1.29, 1.82) is 0 Å². The van der Waals surface area contributed by atoms with Crippen molar-refractivity contribution in [3.63, 3.8) is 0 Å². The van der Waals surface area contributed by atoms with Crippen molar-refractivity contribution in [2.24, 2.45) is 5.92 Å². The maximum Gasteiger partial charge on any atom is 0.317 e. The molecular weight excluding hydrogens is 255 g/mol. The summed E-state index contributed by atoms with van der Waals surface area (Å²) in [4.78, 5) is 13.8. The molecule has 0 heterocycles. The van der Waals surface area contributed by atoms with Gasteiger partial charge in [-0.15, -0.1) is 0 Å². The minimum Gasteiger partial charge on any atom is -0.335 e. The van der Waals surface area contributed by atoms with Gasteiger partial charge in [-0.2, -0.15) is 0 Å². The molecule has 1 saturated carbocycles. The van der Waals surface area contributed by atoms with Gasteiger partial charge in [0.2, 0.25) is 0 Å². The van der Waals surface area contributed by atoms with Crippen LogP contribution in [0.15, 0.2) is 24.3 Å². The first-order valence-corrected chi connectivity index (χ1v) is 7.28. The molecule has 0 aliphatic heterocycles. The predicted molar refractivity (Wildman–Crippen MR) is 78.2 cm³/mol. The number of nitrogens with one attached hydrogen (secondary N) is 1. The second kappa shape index (κ2) is 6.25. The summed E-state index contributed by atoms with van der Waals surface area (Å²) in [7, 11) is 1.82. The van der Waals surface area contributed by atoms with Crippen molar-refractivity contribution in [1.82, 2.24) is 10.2 Å². The van der Waals surface area contributed by atoms with Gasteiger partial charge in [-0.05, 0) is 30.0 Å². The highest BCUT2D eigenvalue weighted by atomic mass is 19.1. The van der Waals surface area contributed by atoms with E-state index in [1.54, 1.807) is 17.0 Å². The number of urea groups is 1. The third kappa shape index (κ3) is 3.71. The van der Waals surface area contributed by atoms with Crippen molar-refractivity contribution >= 4 is 6.03 Å². The first-order valence-electron chi connectivity index (χ1n) is 7.28. The van der Waals surface area contributed by atoms with Crippen LogP contribution in [0.2, 0.25) is 0 Å². The lowest BCUT2D eigenvalue weighted by molar-refractivity contribution is 0.201. The quantitative estimate of drug-likeness (QED) is 0.880. The predicted octanol–water partition coefficient (Wildman–Crippen LogP) is 3.37. The van der Waals surface area contributed by atoms with E-state index in [0.717, 1.165) is 24.9 Å². The molecule has 1 aliphatic carbocycles. The maximum absolute atomic E-state index is 13.2. The molecule has 1 aromatic rings. The molecule has 20 heavy (non-hydrogen) atoms. The number of halogens is 1. The summed E-state index contributed by atoms with van der Waals surface area (Å²) in [5, 5.41) is 3.02. The van der Waals surface area contributed by atoms with Crippen LogP contribution >= 0.6 is 0 Å². The molecule has 0 bridgehead atoms. The first-order chi connectivity index (χ1) is 9.51. The molecule has 0 spiro atoms. The number of benzene rings is 1. The average molecular weight is 278 g/mol. The van der Waals surface area contributed by atoms with Gasteiger partial charge in [0, 0.05) is 25.6 Å². The molecule has 1 N–H and O–H groups in total. The summed E-state index contributed by atoms with van der Waals surface area (Å²) < 4.78 is 13.2. The Hall–Kier alpha value is -1.58. The lowest BCUT2D eigenvalue weighted by atomic mass is 10.1. The van der Waals surface area contributed by atoms with Gasteiger partial charge in [0.1, 0.15) is 5.82 Å². The number of rotatable bonds is 5. The van der Waals surface area contributed by atoms with Gasteiger partial charge in [-0.3, -0.25) is 0 Å². The Labute approximate surface area is 120 Å². The van der Waals surface area contributed by atoms with Crippen LogP contribution in [0.1, 0.15) is 38.2 Å². The van der Waals surface area contributed by atoms with E-state index in [9.17, 15) is 9.18 Å². The smallest absolute Gasteiger partial charge is 0.317 e. The van der Waals surface area contributed by atoms with Crippen LogP contribution in [0.25, 0.3) is 0 Å². The van der Waals surface area contributed by atoms with Gasteiger partial charge < -0.3 is 10.2 Å². The van der Waals surface area contributed by atoms with Crippen LogP contribution in [0.5, 0.6) is 0 Å². The Morgan fingerprint density at radius 1 is 1.55 bits per heavy atom. The second-order valence-corrected chi connectivity index (χ2v) is 5.85. The molecule has 0 saturated heterocycles.